The Hall–Kier alpha value is -1.02. The number of Topliss-reactive ketones (excluding diaryl/α,β-unsaturated/α-hetero) is 1. The van der Waals surface area contributed by atoms with E-state index in [0.717, 1.165) is 12.8 Å². The largest absolute Gasteiger partial charge is 0.495 e. The summed E-state index contributed by atoms with van der Waals surface area (Å²) in [6.45, 7) is 0. The van der Waals surface area contributed by atoms with E-state index in [0.29, 0.717) is 16.3 Å². The van der Waals surface area contributed by atoms with Crippen LogP contribution in [-0.2, 0) is 0 Å². The molecule has 14 heavy (non-hydrogen) atoms. The van der Waals surface area contributed by atoms with Gasteiger partial charge in [0.15, 0.2) is 5.78 Å². The van der Waals surface area contributed by atoms with Gasteiger partial charge in [-0.15, -0.1) is 0 Å². The summed E-state index contributed by atoms with van der Waals surface area (Å²) >= 11 is 6.03. The summed E-state index contributed by atoms with van der Waals surface area (Å²) in [7, 11) is 1.55. The minimum absolute atomic E-state index is 0.147. The third kappa shape index (κ3) is 1.62. The van der Waals surface area contributed by atoms with Crippen LogP contribution >= 0.6 is 11.6 Å². The molecule has 0 unspecified atom stereocenters. The number of methoxy groups -OCH3 is 1. The maximum absolute atomic E-state index is 11.8. The lowest BCUT2D eigenvalue weighted by Crippen LogP contribution is -2.02. The Kier molecular flexibility index (Phi) is 2.46. The molecule has 2 nitrogen and oxygen atoms in total. The maximum atomic E-state index is 11.8. The lowest BCUT2D eigenvalue weighted by atomic mass is 10.1. The van der Waals surface area contributed by atoms with Crippen LogP contribution in [0, 0.1) is 5.92 Å². The van der Waals surface area contributed by atoms with Gasteiger partial charge in [-0.1, -0.05) is 17.7 Å². The number of carbonyl (C=O) groups excluding carboxylic acids is 1. The SMILES string of the molecule is COc1cccc(C(=O)C2CC2)c1Cl. The van der Waals surface area contributed by atoms with Crippen LogP contribution in [-0.4, -0.2) is 12.9 Å². The second-order valence-electron chi connectivity index (χ2n) is 3.46. The van der Waals surface area contributed by atoms with E-state index in [2.05, 4.69) is 0 Å². The van der Waals surface area contributed by atoms with Crippen LogP contribution in [0.4, 0.5) is 0 Å². The molecule has 74 valence electrons. The van der Waals surface area contributed by atoms with Crippen molar-refractivity contribution in [3.05, 3.63) is 28.8 Å². The van der Waals surface area contributed by atoms with Crippen LogP contribution in [0.2, 0.25) is 5.02 Å². The number of carbonyl (C=O) groups is 1. The number of hydrogen-bond acceptors (Lipinski definition) is 2. The van der Waals surface area contributed by atoms with E-state index >= 15 is 0 Å². The molecule has 0 atom stereocenters. The first-order chi connectivity index (χ1) is 6.74. The molecular formula is C11H11ClO2. The van der Waals surface area contributed by atoms with Crippen molar-refractivity contribution in [2.75, 3.05) is 7.11 Å². The maximum Gasteiger partial charge on any atom is 0.167 e. The summed E-state index contributed by atoms with van der Waals surface area (Å²) in [5.41, 5.74) is 0.591. The van der Waals surface area contributed by atoms with E-state index in [4.69, 9.17) is 16.3 Å². The van der Waals surface area contributed by atoms with Crippen molar-refractivity contribution in [1.82, 2.24) is 0 Å². The molecule has 0 spiro atoms. The molecule has 0 aromatic heterocycles. The number of benzene rings is 1. The summed E-state index contributed by atoms with van der Waals surface area (Å²) < 4.78 is 5.05. The van der Waals surface area contributed by atoms with Crippen molar-refractivity contribution in [2.24, 2.45) is 5.92 Å². The fourth-order valence-electron chi connectivity index (χ4n) is 1.42. The van der Waals surface area contributed by atoms with Crippen molar-refractivity contribution in [3.8, 4) is 5.75 Å². The van der Waals surface area contributed by atoms with Crippen LogP contribution < -0.4 is 4.74 Å². The summed E-state index contributed by atoms with van der Waals surface area (Å²) in [6, 6.07) is 5.30. The van der Waals surface area contributed by atoms with Gasteiger partial charge < -0.3 is 4.74 Å². The van der Waals surface area contributed by atoms with Gasteiger partial charge in [0, 0.05) is 11.5 Å². The molecule has 1 aliphatic rings. The Labute approximate surface area is 87.8 Å². The van der Waals surface area contributed by atoms with Gasteiger partial charge >= 0.3 is 0 Å². The van der Waals surface area contributed by atoms with Crippen LogP contribution in [0.3, 0.4) is 0 Å². The molecule has 1 saturated carbocycles. The van der Waals surface area contributed by atoms with Gasteiger partial charge in [-0.2, -0.15) is 0 Å². The Balaban J connectivity index is 2.36. The van der Waals surface area contributed by atoms with Crippen molar-refractivity contribution in [1.29, 1.82) is 0 Å². The third-order valence-electron chi connectivity index (χ3n) is 2.40. The van der Waals surface area contributed by atoms with Gasteiger partial charge in [0.05, 0.1) is 12.1 Å². The molecule has 0 heterocycles. The number of rotatable bonds is 3. The standard InChI is InChI=1S/C11H11ClO2/c1-14-9-4-2-3-8(10(9)12)11(13)7-5-6-7/h2-4,7H,5-6H2,1H3. The summed E-state index contributed by atoms with van der Waals surface area (Å²) in [6.07, 6.45) is 1.98. The van der Waals surface area contributed by atoms with E-state index in [1.54, 1.807) is 25.3 Å². The lowest BCUT2D eigenvalue weighted by Gasteiger charge is -2.06. The van der Waals surface area contributed by atoms with Gasteiger partial charge in [0.2, 0.25) is 0 Å². The van der Waals surface area contributed by atoms with E-state index in [9.17, 15) is 4.79 Å². The average molecular weight is 211 g/mol. The molecule has 1 aromatic carbocycles. The molecule has 0 aliphatic heterocycles. The first kappa shape index (κ1) is 9.53. The van der Waals surface area contributed by atoms with Crippen molar-refractivity contribution < 1.29 is 9.53 Å². The summed E-state index contributed by atoms with van der Waals surface area (Å²) in [5, 5.41) is 0.437. The molecule has 0 amide bonds. The van der Waals surface area contributed by atoms with E-state index in [1.165, 1.54) is 0 Å². The molecule has 1 aromatic rings. The normalized spacial score (nSPS) is 15.3. The van der Waals surface area contributed by atoms with Gasteiger partial charge in [-0.25, -0.2) is 0 Å². The molecule has 0 saturated heterocycles. The van der Waals surface area contributed by atoms with Crippen LogP contribution in [0.5, 0.6) is 5.75 Å². The Morgan fingerprint density at radius 2 is 2.21 bits per heavy atom. The molecule has 0 N–H and O–H groups in total. The first-order valence-electron chi connectivity index (χ1n) is 4.60. The summed E-state index contributed by atoms with van der Waals surface area (Å²) in [5.74, 6) is 0.909. The quantitative estimate of drug-likeness (QED) is 0.717. The monoisotopic (exact) mass is 210 g/mol. The minimum Gasteiger partial charge on any atom is -0.495 e. The number of ketones is 1. The number of ether oxygens (including phenoxy) is 1. The molecule has 0 radical (unpaired) electrons. The van der Waals surface area contributed by atoms with Gasteiger partial charge in [0.1, 0.15) is 5.75 Å². The van der Waals surface area contributed by atoms with Crippen molar-refractivity contribution >= 4 is 17.4 Å². The Morgan fingerprint density at radius 3 is 2.79 bits per heavy atom. The summed E-state index contributed by atoms with van der Waals surface area (Å²) in [4.78, 5) is 11.8. The van der Waals surface area contributed by atoms with Crippen molar-refractivity contribution in [2.45, 2.75) is 12.8 Å². The van der Waals surface area contributed by atoms with E-state index < -0.39 is 0 Å². The van der Waals surface area contributed by atoms with Crippen LogP contribution in [0.1, 0.15) is 23.2 Å². The van der Waals surface area contributed by atoms with Gasteiger partial charge in [0.25, 0.3) is 0 Å². The molecule has 2 rings (SSSR count). The zero-order valence-electron chi connectivity index (χ0n) is 7.92. The molecule has 1 aliphatic carbocycles. The lowest BCUT2D eigenvalue weighted by molar-refractivity contribution is 0.0967. The zero-order valence-corrected chi connectivity index (χ0v) is 8.67. The van der Waals surface area contributed by atoms with E-state index in [-0.39, 0.29) is 11.7 Å². The predicted octanol–water partition coefficient (Wildman–Crippen LogP) is 2.94. The second kappa shape index (κ2) is 3.62. The van der Waals surface area contributed by atoms with Crippen LogP contribution in [0.15, 0.2) is 18.2 Å². The fourth-order valence-corrected chi connectivity index (χ4v) is 1.72. The van der Waals surface area contributed by atoms with Crippen molar-refractivity contribution in [3.63, 3.8) is 0 Å². The highest BCUT2D eigenvalue weighted by atomic mass is 35.5. The van der Waals surface area contributed by atoms with Crippen LogP contribution in [0.25, 0.3) is 0 Å². The Morgan fingerprint density at radius 1 is 1.50 bits per heavy atom. The molecule has 3 heteroatoms. The Bertz CT molecular complexity index is 370. The zero-order chi connectivity index (χ0) is 10.1. The third-order valence-corrected chi connectivity index (χ3v) is 2.79. The minimum atomic E-state index is 0.147. The molecular weight excluding hydrogens is 200 g/mol. The van der Waals surface area contributed by atoms with Gasteiger partial charge in [-0.3, -0.25) is 4.79 Å². The topological polar surface area (TPSA) is 26.3 Å². The second-order valence-corrected chi connectivity index (χ2v) is 3.84. The van der Waals surface area contributed by atoms with Gasteiger partial charge in [-0.05, 0) is 25.0 Å². The highest BCUT2D eigenvalue weighted by Crippen LogP contribution is 2.36. The highest BCUT2D eigenvalue weighted by Gasteiger charge is 2.31. The predicted molar refractivity (Wildman–Crippen MR) is 55.1 cm³/mol. The number of hydrogen-bond donors (Lipinski definition) is 0. The smallest absolute Gasteiger partial charge is 0.167 e. The molecule has 0 bridgehead atoms. The first-order valence-corrected chi connectivity index (χ1v) is 4.98. The molecule has 1 fully saturated rings. The van der Waals surface area contributed by atoms with E-state index in [1.807, 2.05) is 0 Å². The average Bonchev–Trinajstić information content (AvgIpc) is 3.00. The number of halogens is 1. The fraction of sp³-hybridized carbons (Fsp3) is 0.364. The highest BCUT2D eigenvalue weighted by molar-refractivity contribution is 6.35.